The van der Waals surface area contributed by atoms with E-state index in [9.17, 15) is 13.2 Å². The summed E-state index contributed by atoms with van der Waals surface area (Å²) in [6.07, 6.45) is 3.89. The Morgan fingerprint density at radius 2 is 1.81 bits per heavy atom. The van der Waals surface area contributed by atoms with Crippen LogP contribution in [0.5, 0.6) is 5.75 Å². The van der Waals surface area contributed by atoms with Crippen LogP contribution >= 0.6 is 0 Å². The van der Waals surface area contributed by atoms with Crippen molar-refractivity contribution in [3.05, 3.63) is 54.4 Å². The van der Waals surface area contributed by atoms with Gasteiger partial charge in [0, 0.05) is 43.8 Å². The second-order valence-corrected chi connectivity index (χ2v) is 10.5. The lowest BCUT2D eigenvalue weighted by atomic mass is 9.90. The third kappa shape index (κ3) is 5.65. The summed E-state index contributed by atoms with van der Waals surface area (Å²) >= 11 is 0. The molecule has 1 aliphatic rings. The van der Waals surface area contributed by atoms with Gasteiger partial charge in [0.05, 0.1) is 17.9 Å². The van der Waals surface area contributed by atoms with E-state index in [-0.39, 0.29) is 16.9 Å². The van der Waals surface area contributed by atoms with E-state index in [4.69, 9.17) is 20.2 Å². The SMILES string of the molecule is CCOc1ccc(-c2ccc(C(=O)NS(=O)(=O)c3nccnc3N)c(N(C)C3(C)CCOCC3)n2)cc1. The summed E-state index contributed by atoms with van der Waals surface area (Å²) in [7, 11) is -2.52. The van der Waals surface area contributed by atoms with Crippen molar-refractivity contribution in [2.24, 2.45) is 0 Å². The largest absolute Gasteiger partial charge is 0.494 e. The van der Waals surface area contributed by atoms with Crippen LogP contribution in [0.15, 0.2) is 53.8 Å². The monoisotopic (exact) mass is 526 g/mol. The number of nitrogens with zero attached hydrogens (tertiary/aromatic N) is 4. The number of hydrogen-bond acceptors (Lipinski definition) is 10. The predicted molar refractivity (Wildman–Crippen MR) is 139 cm³/mol. The molecule has 3 aromatic rings. The molecule has 196 valence electrons. The number of nitrogens with one attached hydrogen (secondary N) is 1. The maximum absolute atomic E-state index is 13.3. The second kappa shape index (κ2) is 10.7. The molecule has 4 rings (SSSR count). The van der Waals surface area contributed by atoms with E-state index in [1.54, 1.807) is 12.1 Å². The second-order valence-electron chi connectivity index (χ2n) is 8.87. The molecule has 0 radical (unpaired) electrons. The van der Waals surface area contributed by atoms with Crippen LogP contribution in [0.2, 0.25) is 0 Å². The Hall–Kier alpha value is -3.77. The summed E-state index contributed by atoms with van der Waals surface area (Å²) in [5.41, 5.74) is 6.87. The minimum absolute atomic E-state index is 0.0935. The van der Waals surface area contributed by atoms with E-state index >= 15 is 0 Å². The molecule has 0 spiro atoms. The molecule has 3 N–H and O–H groups in total. The summed E-state index contributed by atoms with van der Waals surface area (Å²) in [6, 6.07) is 10.7. The van der Waals surface area contributed by atoms with E-state index in [1.165, 1.54) is 12.4 Å². The Balaban J connectivity index is 1.74. The molecule has 0 atom stereocenters. The number of carbonyl (C=O) groups is 1. The fraction of sp³-hybridized carbons (Fsp3) is 0.360. The number of pyridine rings is 1. The first-order chi connectivity index (χ1) is 17.6. The van der Waals surface area contributed by atoms with Crippen molar-refractivity contribution in [1.82, 2.24) is 19.7 Å². The van der Waals surface area contributed by atoms with Gasteiger partial charge in [-0.3, -0.25) is 4.79 Å². The quantitative estimate of drug-likeness (QED) is 0.448. The Bertz CT molecular complexity index is 1370. The van der Waals surface area contributed by atoms with Gasteiger partial charge in [0.15, 0.2) is 5.82 Å². The van der Waals surface area contributed by atoms with Gasteiger partial charge in [-0.05, 0) is 63.1 Å². The van der Waals surface area contributed by atoms with Gasteiger partial charge < -0.3 is 20.1 Å². The Morgan fingerprint density at radius 3 is 2.46 bits per heavy atom. The molecule has 1 fully saturated rings. The molecule has 12 heteroatoms. The fourth-order valence-corrected chi connectivity index (χ4v) is 5.08. The molecule has 37 heavy (non-hydrogen) atoms. The zero-order chi connectivity index (χ0) is 26.6. The number of aromatic nitrogens is 3. The zero-order valence-electron chi connectivity index (χ0n) is 21.0. The van der Waals surface area contributed by atoms with Crippen molar-refractivity contribution in [2.45, 2.75) is 37.3 Å². The van der Waals surface area contributed by atoms with Gasteiger partial charge >= 0.3 is 0 Å². The third-order valence-electron chi connectivity index (χ3n) is 6.45. The number of rotatable bonds is 8. The van der Waals surface area contributed by atoms with Crippen LogP contribution < -0.4 is 20.1 Å². The number of sulfonamides is 1. The molecule has 0 saturated carbocycles. The van der Waals surface area contributed by atoms with E-state index in [1.807, 2.05) is 43.1 Å². The highest BCUT2D eigenvalue weighted by Crippen LogP contribution is 2.34. The molecule has 1 saturated heterocycles. The van der Waals surface area contributed by atoms with Crippen LogP contribution in [0.3, 0.4) is 0 Å². The number of hydrogen-bond donors (Lipinski definition) is 2. The minimum Gasteiger partial charge on any atom is -0.494 e. The maximum atomic E-state index is 13.3. The standard InChI is InChI=1S/C25H30N6O5S/c1-4-36-18-7-5-17(6-8-18)20-10-9-19(22(29-20)31(3)25(2)11-15-35-16-12-25)23(32)30-37(33,34)24-21(26)27-13-14-28-24/h5-10,13-14H,4,11-12,15-16H2,1-3H3,(H2,26,27)(H,30,32). The van der Waals surface area contributed by atoms with E-state index in [2.05, 4.69) is 21.6 Å². The summed E-state index contributed by atoms with van der Waals surface area (Å²) in [5.74, 6) is -0.0782. The molecule has 1 aromatic carbocycles. The average molecular weight is 527 g/mol. The molecule has 1 amide bonds. The van der Waals surface area contributed by atoms with Crippen LogP contribution in [0.25, 0.3) is 11.3 Å². The van der Waals surface area contributed by atoms with Crippen LogP contribution in [0.4, 0.5) is 11.6 Å². The fourth-order valence-electron chi connectivity index (χ4n) is 4.10. The van der Waals surface area contributed by atoms with Crippen molar-refractivity contribution < 1.29 is 22.7 Å². The normalized spacial score (nSPS) is 15.1. The lowest BCUT2D eigenvalue weighted by Gasteiger charge is -2.43. The van der Waals surface area contributed by atoms with Crippen LogP contribution in [-0.4, -0.2) is 61.7 Å². The highest BCUT2D eigenvalue weighted by molar-refractivity contribution is 7.90. The number of amides is 1. The number of nitrogens with two attached hydrogens (primary N) is 1. The molecule has 0 bridgehead atoms. The smallest absolute Gasteiger partial charge is 0.285 e. The number of ether oxygens (including phenoxy) is 2. The van der Waals surface area contributed by atoms with Gasteiger partial charge in [0.25, 0.3) is 15.9 Å². The van der Waals surface area contributed by atoms with Crippen LogP contribution in [0, 0.1) is 0 Å². The van der Waals surface area contributed by atoms with Crippen LogP contribution in [-0.2, 0) is 14.8 Å². The van der Waals surface area contributed by atoms with Gasteiger partial charge in [-0.15, -0.1) is 0 Å². The van der Waals surface area contributed by atoms with Crippen molar-refractivity contribution in [2.75, 3.05) is 37.5 Å². The predicted octanol–water partition coefficient (Wildman–Crippen LogP) is 2.64. The third-order valence-corrected chi connectivity index (χ3v) is 7.73. The zero-order valence-corrected chi connectivity index (χ0v) is 21.8. The molecule has 2 aromatic heterocycles. The molecule has 1 aliphatic heterocycles. The summed E-state index contributed by atoms with van der Waals surface area (Å²) < 4.78 is 38.9. The number of carbonyl (C=O) groups excluding carboxylic acids is 1. The summed E-state index contributed by atoms with van der Waals surface area (Å²) in [4.78, 5) is 27.6. The molecular formula is C25H30N6O5S. The first-order valence-electron chi connectivity index (χ1n) is 11.8. The Morgan fingerprint density at radius 1 is 1.14 bits per heavy atom. The van der Waals surface area contributed by atoms with Crippen molar-refractivity contribution >= 4 is 27.6 Å². The molecule has 11 nitrogen and oxygen atoms in total. The highest BCUT2D eigenvalue weighted by Gasteiger charge is 2.35. The van der Waals surface area contributed by atoms with Gasteiger partial charge in [-0.1, -0.05) is 0 Å². The van der Waals surface area contributed by atoms with E-state index in [0.717, 1.165) is 11.3 Å². The van der Waals surface area contributed by atoms with Crippen LogP contribution in [0.1, 0.15) is 37.0 Å². The van der Waals surface area contributed by atoms with Gasteiger partial charge in [-0.2, -0.15) is 8.42 Å². The average Bonchev–Trinajstić information content (AvgIpc) is 2.89. The molecule has 0 aliphatic carbocycles. The van der Waals surface area contributed by atoms with E-state index in [0.29, 0.717) is 44.2 Å². The van der Waals surface area contributed by atoms with Gasteiger partial charge in [0.2, 0.25) is 5.03 Å². The maximum Gasteiger partial charge on any atom is 0.285 e. The molecular weight excluding hydrogens is 496 g/mol. The van der Waals surface area contributed by atoms with E-state index < -0.39 is 21.0 Å². The topological polar surface area (TPSA) is 150 Å². The van der Waals surface area contributed by atoms with Crippen molar-refractivity contribution in [1.29, 1.82) is 0 Å². The molecule has 3 heterocycles. The lowest BCUT2D eigenvalue weighted by Crippen LogP contribution is -2.49. The van der Waals surface area contributed by atoms with Gasteiger partial charge in [0.1, 0.15) is 11.6 Å². The highest BCUT2D eigenvalue weighted by atomic mass is 32.2. The number of benzene rings is 1. The lowest BCUT2D eigenvalue weighted by molar-refractivity contribution is 0.0574. The van der Waals surface area contributed by atoms with Crippen molar-refractivity contribution in [3.63, 3.8) is 0 Å². The van der Waals surface area contributed by atoms with Gasteiger partial charge in [-0.25, -0.2) is 19.7 Å². The number of anilines is 2. The molecule has 0 unspecified atom stereocenters. The minimum atomic E-state index is -4.37. The Kier molecular flexibility index (Phi) is 7.60. The first kappa shape index (κ1) is 26.3. The summed E-state index contributed by atoms with van der Waals surface area (Å²) in [5, 5.41) is -0.520. The first-order valence-corrected chi connectivity index (χ1v) is 13.3. The number of nitrogen functional groups attached to an aromatic ring is 1. The van der Waals surface area contributed by atoms with Crippen molar-refractivity contribution in [3.8, 4) is 17.0 Å². The summed E-state index contributed by atoms with van der Waals surface area (Å²) in [6.45, 7) is 5.68. The Labute approximate surface area is 216 Å².